The first kappa shape index (κ1) is 21.1. The summed E-state index contributed by atoms with van der Waals surface area (Å²) in [5.41, 5.74) is 1.18. The summed E-state index contributed by atoms with van der Waals surface area (Å²) in [6.45, 7) is -2.98. The van der Waals surface area contributed by atoms with Crippen molar-refractivity contribution >= 4 is 18.5 Å². The van der Waals surface area contributed by atoms with Crippen molar-refractivity contribution in [3.8, 4) is 0 Å². The average molecular weight is 399 g/mol. The molecule has 3 rings (SSSR count). The second-order valence-electron chi connectivity index (χ2n) is 9.75. The molecule has 4 nitrogen and oxygen atoms in total. The van der Waals surface area contributed by atoms with E-state index in [1.165, 1.54) is 57.8 Å². The van der Waals surface area contributed by atoms with Gasteiger partial charge in [0.05, 0.1) is 0 Å². The fraction of sp³-hybridized carbons (Fsp3) is 0.909. The molecular weight excluding hydrogens is 359 g/mol. The average Bonchev–Trinajstić information content (AvgIpc) is 2.69. The van der Waals surface area contributed by atoms with Crippen LogP contribution in [-0.2, 0) is 9.59 Å². The monoisotopic (exact) mass is 398 g/mol. The molecule has 0 bridgehead atoms. The molecule has 0 aromatic rings. The van der Waals surface area contributed by atoms with Crippen LogP contribution >= 0.6 is 6.60 Å². The summed E-state index contributed by atoms with van der Waals surface area (Å²) in [6.07, 6.45) is 17.7. The molecule has 0 aromatic heterocycles. The van der Waals surface area contributed by atoms with E-state index < -0.39 is 18.5 Å². The van der Waals surface area contributed by atoms with E-state index in [1.807, 2.05) is 0 Å². The Morgan fingerprint density at radius 1 is 0.556 bits per heavy atom. The molecule has 0 atom stereocenters. The zero-order valence-electron chi connectivity index (χ0n) is 16.9. The number of carboxylic acid groups (broad SMARTS) is 2. The van der Waals surface area contributed by atoms with Gasteiger partial charge >= 0.3 is 164 Å². The molecule has 27 heavy (non-hydrogen) atoms. The number of carboxylic acids is 2. The van der Waals surface area contributed by atoms with Crippen molar-refractivity contribution in [2.45, 2.75) is 113 Å². The summed E-state index contributed by atoms with van der Waals surface area (Å²) in [4.78, 5) is 24.7. The van der Waals surface area contributed by atoms with Gasteiger partial charge in [-0.1, -0.05) is 0 Å². The van der Waals surface area contributed by atoms with E-state index in [-0.39, 0.29) is 12.3 Å². The van der Waals surface area contributed by atoms with Crippen LogP contribution in [0, 0.1) is 0 Å². The normalized spacial score (nSPS) is 25.6. The fourth-order valence-electron chi connectivity index (χ4n) is 7.62. The first-order valence-corrected chi connectivity index (χ1v) is 14.2. The van der Waals surface area contributed by atoms with Crippen molar-refractivity contribution in [1.82, 2.24) is 0 Å². The van der Waals surface area contributed by atoms with Crippen LogP contribution < -0.4 is 0 Å². The molecular formula is C22H39O4P. The van der Waals surface area contributed by atoms with Crippen molar-refractivity contribution < 1.29 is 19.8 Å². The van der Waals surface area contributed by atoms with Gasteiger partial charge in [-0.05, 0) is 0 Å². The molecule has 0 heterocycles. The summed E-state index contributed by atoms with van der Waals surface area (Å²) in [5.74, 6) is -1.42. The van der Waals surface area contributed by atoms with Crippen molar-refractivity contribution in [3.05, 3.63) is 0 Å². The molecule has 2 N–H and O–H groups in total. The van der Waals surface area contributed by atoms with Gasteiger partial charge in [0.25, 0.3) is 0 Å². The van der Waals surface area contributed by atoms with Crippen LogP contribution in [0.5, 0.6) is 0 Å². The summed E-state index contributed by atoms with van der Waals surface area (Å²) < 4.78 is 0. The molecule has 0 spiro atoms. The number of hydrogen-bond acceptors (Lipinski definition) is 2. The van der Waals surface area contributed by atoms with E-state index >= 15 is 0 Å². The van der Waals surface area contributed by atoms with Crippen LogP contribution in [0.15, 0.2) is 0 Å². The first-order valence-electron chi connectivity index (χ1n) is 11.4. The van der Waals surface area contributed by atoms with Gasteiger partial charge in [0.1, 0.15) is 0 Å². The predicted octanol–water partition coefficient (Wildman–Crippen LogP) is 5.71. The third-order valence-electron chi connectivity index (χ3n) is 8.58. The van der Waals surface area contributed by atoms with Gasteiger partial charge in [-0.15, -0.1) is 0 Å². The molecule has 0 amide bonds. The molecule has 3 aliphatic rings. The summed E-state index contributed by atoms with van der Waals surface area (Å²) in [6, 6.07) is 0. The van der Waals surface area contributed by atoms with Crippen LogP contribution in [0.3, 0.4) is 0 Å². The summed E-state index contributed by atoms with van der Waals surface area (Å²) in [7, 11) is 0. The van der Waals surface area contributed by atoms with Gasteiger partial charge in [-0.25, -0.2) is 0 Å². The van der Waals surface area contributed by atoms with Crippen molar-refractivity contribution in [2.24, 2.45) is 0 Å². The quantitative estimate of drug-likeness (QED) is 0.539. The van der Waals surface area contributed by atoms with Crippen LogP contribution in [0.2, 0.25) is 0 Å². The van der Waals surface area contributed by atoms with Crippen molar-refractivity contribution in [2.75, 3.05) is 12.3 Å². The third-order valence-corrected chi connectivity index (χ3v) is 17.8. The van der Waals surface area contributed by atoms with Crippen molar-refractivity contribution in [1.29, 1.82) is 0 Å². The van der Waals surface area contributed by atoms with Crippen LogP contribution in [0.4, 0.5) is 0 Å². The molecule has 5 heteroatoms. The topological polar surface area (TPSA) is 74.6 Å². The van der Waals surface area contributed by atoms with Gasteiger partial charge in [0.2, 0.25) is 0 Å². The summed E-state index contributed by atoms with van der Waals surface area (Å²) >= 11 is 0. The van der Waals surface area contributed by atoms with E-state index in [4.69, 9.17) is 0 Å². The maximum atomic E-state index is 12.4. The Hall–Kier alpha value is -0.630. The Balaban J connectivity index is 2.18. The second-order valence-corrected chi connectivity index (χ2v) is 16.1. The molecule has 0 aliphatic heterocycles. The Morgan fingerprint density at radius 2 is 0.815 bits per heavy atom. The van der Waals surface area contributed by atoms with E-state index in [1.54, 1.807) is 0 Å². The minimum atomic E-state index is -2.98. The van der Waals surface area contributed by atoms with Gasteiger partial charge in [0.15, 0.2) is 0 Å². The van der Waals surface area contributed by atoms with Crippen molar-refractivity contribution in [3.63, 3.8) is 0 Å². The van der Waals surface area contributed by atoms with Gasteiger partial charge in [-0.2, -0.15) is 0 Å². The summed E-state index contributed by atoms with van der Waals surface area (Å²) in [5, 5.41) is 20.3. The molecule has 3 saturated carbocycles. The molecule has 0 saturated heterocycles. The Kier molecular flexibility index (Phi) is 6.88. The molecule has 0 unspecified atom stereocenters. The Bertz CT molecular complexity index is 460. The minimum absolute atomic E-state index is 0.206. The van der Waals surface area contributed by atoms with Crippen LogP contribution in [0.25, 0.3) is 0 Å². The van der Waals surface area contributed by atoms with Crippen LogP contribution in [-0.4, -0.2) is 51.5 Å². The third kappa shape index (κ3) is 3.93. The Labute approximate surface area is 164 Å². The number of aliphatic carboxylic acids is 2. The number of hydrogen-bond donors (Lipinski definition) is 2. The molecule has 0 radical (unpaired) electrons. The maximum absolute atomic E-state index is 12.4. The number of rotatable bonds is 7. The van der Waals surface area contributed by atoms with E-state index in [0.29, 0.717) is 17.0 Å². The van der Waals surface area contributed by atoms with Gasteiger partial charge in [-0.3, -0.25) is 0 Å². The SMILES string of the molecule is O=C(O)CP(CC(=O)O)(C1CCCCC1)(C1CCCCC1)C1CCCCC1. The standard InChI is InChI=1S/C22H39O4P/c23-21(24)16-27(17-22(25)26,18-10-4-1-5-11-18,19-12-6-2-7-13-19)20-14-8-3-9-15-20/h18-20H,1-17H2,(H,23,24)(H,25,26). The predicted molar refractivity (Wildman–Crippen MR) is 113 cm³/mol. The fourth-order valence-corrected chi connectivity index (χ4v) is 17.5. The molecule has 3 aliphatic carbocycles. The van der Waals surface area contributed by atoms with E-state index in [2.05, 4.69) is 0 Å². The molecule has 156 valence electrons. The first-order chi connectivity index (χ1) is 13.0. The zero-order valence-corrected chi connectivity index (χ0v) is 17.8. The van der Waals surface area contributed by atoms with Gasteiger partial charge < -0.3 is 0 Å². The van der Waals surface area contributed by atoms with E-state index in [0.717, 1.165) is 38.5 Å². The molecule has 3 fully saturated rings. The van der Waals surface area contributed by atoms with E-state index in [9.17, 15) is 19.8 Å². The van der Waals surface area contributed by atoms with Gasteiger partial charge in [0, 0.05) is 0 Å². The zero-order chi connectivity index (χ0) is 19.4. The Morgan fingerprint density at radius 3 is 1.04 bits per heavy atom. The number of carbonyl (C=O) groups is 2. The second kappa shape index (κ2) is 8.80. The molecule has 0 aromatic carbocycles. The van der Waals surface area contributed by atoms with Crippen LogP contribution in [0.1, 0.15) is 96.3 Å².